The lowest BCUT2D eigenvalue weighted by Crippen LogP contribution is -2.62. The molecule has 1 N–H and O–H groups in total. The van der Waals surface area contributed by atoms with Crippen LogP contribution in [0.5, 0.6) is 5.75 Å². The van der Waals surface area contributed by atoms with Crippen molar-refractivity contribution < 1.29 is 9.13 Å². The summed E-state index contributed by atoms with van der Waals surface area (Å²) in [5.74, 6) is 0.609. The number of nitrogens with zero attached hydrogens (tertiary/aromatic N) is 1. The lowest BCUT2D eigenvalue weighted by Gasteiger charge is -2.47. The van der Waals surface area contributed by atoms with Crippen molar-refractivity contribution >= 4 is 0 Å². The van der Waals surface area contributed by atoms with Crippen LogP contribution in [-0.2, 0) is 6.54 Å². The van der Waals surface area contributed by atoms with Gasteiger partial charge in [-0.2, -0.15) is 0 Å². The summed E-state index contributed by atoms with van der Waals surface area (Å²) in [5.41, 5.74) is 1.06. The van der Waals surface area contributed by atoms with E-state index in [1.54, 1.807) is 12.1 Å². The summed E-state index contributed by atoms with van der Waals surface area (Å²) in [5, 5.41) is 3.62. The van der Waals surface area contributed by atoms with Gasteiger partial charge in [0.1, 0.15) is 0 Å². The summed E-state index contributed by atoms with van der Waals surface area (Å²) >= 11 is 0. The van der Waals surface area contributed by atoms with Crippen molar-refractivity contribution in [2.45, 2.75) is 45.8 Å². The monoisotopic (exact) mass is 294 g/mol. The topological polar surface area (TPSA) is 24.5 Å². The number of methoxy groups -OCH3 is 1. The van der Waals surface area contributed by atoms with Gasteiger partial charge in [-0.15, -0.1) is 0 Å². The van der Waals surface area contributed by atoms with Gasteiger partial charge in [0.2, 0.25) is 0 Å². The average molecular weight is 294 g/mol. The number of hydrogen-bond acceptors (Lipinski definition) is 3. The van der Waals surface area contributed by atoms with Gasteiger partial charge < -0.3 is 10.1 Å². The van der Waals surface area contributed by atoms with Gasteiger partial charge in [-0.3, -0.25) is 4.90 Å². The highest BCUT2D eigenvalue weighted by Gasteiger charge is 2.34. The summed E-state index contributed by atoms with van der Waals surface area (Å²) in [6.07, 6.45) is 0. The molecule has 0 saturated carbocycles. The largest absolute Gasteiger partial charge is 0.494 e. The number of rotatable bonds is 4. The molecule has 1 fully saturated rings. The molecule has 1 aromatic carbocycles. The summed E-state index contributed by atoms with van der Waals surface area (Å²) in [4.78, 5) is 2.44. The Kier molecular flexibility index (Phi) is 4.89. The van der Waals surface area contributed by atoms with Crippen LogP contribution < -0.4 is 10.1 Å². The molecule has 4 heteroatoms. The maximum absolute atomic E-state index is 13.8. The molecule has 1 saturated heterocycles. The van der Waals surface area contributed by atoms with Crippen molar-refractivity contribution in [3.8, 4) is 5.75 Å². The Morgan fingerprint density at radius 1 is 1.43 bits per heavy atom. The Labute approximate surface area is 127 Å². The molecule has 1 heterocycles. The van der Waals surface area contributed by atoms with Crippen molar-refractivity contribution in [2.75, 3.05) is 20.2 Å². The van der Waals surface area contributed by atoms with E-state index in [1.165, 1.54) is 7.11 Å². The molecule has 3 nitrogen and oxygen atoms in total. The molecule has 1 atom stereocenters. The van der Waals surface area contributed by atoms with Crippen LogP contribution in [0.15, 0.2) is 18.2 Å². The second kappa shape index (κ2) is 6.32. The first-order chi connectivity index (χ1) is 9.83. The molecule has 1 aromatic rings. The predicted octanol–water partition coefficient (Wildman–Crippen LogP) is 3.04. The number of hydrogen-bond donors (Lipinski definition) is 1. The molecule has 0 bridgehead atoms. The molecule has 1 unspecified atom stereocenters. The summed E-state index contributed by atoms with van der Waals surface area (Å²) in [6, 6.07) is 5.73. The van der Waals surface area contributed by atoms with Gasteiger partial charge in [0, 0.05) is 31.2 Å². The first-order valence-electron chi connectivity index (χ1n) is 7.64. The summed E-state index contributed by atoms with van der Waals surface area (Å²) < 4.78 is 18.8. The smallest absolute Gasteiger partial charge is 0.165 e. The molecule has 21 heavy (non-hydrogen) atoms. The predicted molar refractivity (Wildman–Crippen MR) is 84.1 cm³/mol. The van der Waals surface area contributed by atoms with Crippen molar-refractivity contribution in [3.63, 3.8) is 0 Å². The Bertz CT molecular complexity index is 488. The minimum atomic E-state index is -0.289. The van der Waals surface area contributed by atoms with Crippen molar-refractivity contribution in [1.29, 1.82) is 0 Å². The van der Waals surface area contributed by atoms with E-state index in [4.69, 9.17) is 4.74 Å². The molecular weight excluding hydrogens is 267 g/mol. The number of benzene rings is 1. The fourth-order valence-corrected chi connectivity index (χ4v) is 2.80. The van der Waals surface area contributed by atoms with Crippen LogP contribution in [0, 0.1) is 11.7 Å². The average Bonchev–Trinajstić information content (AvgIpc) is 2.41. The molecule has 0 aliphatic carbocycles. The van der Waals surface area contributed by atoms with E-state index in [1.807, 2.05) is 6.07 Å². The minimum Gasteiger partial charge on any atom is -0.494 e. The number of nitrogens with one attached hydrogen (secondary N) is 1. The number of piperazine rings is 1. The molecule has 118 valence electrons. The van der Waals surface area contributed by atoms with E-state index in [2.05, 4.69) is 37.9 Å². The third kappa shape index (κ3) is 3.74. The highest BCUT2D eigenvalue weighted by molar-refractivity contribution is 5.29. The van der Waals surface area contributed by atoms with E-state index in [9.17, 15) is 4.39 Å². The number of ether oxygens (including phenoxy) is 1. The maximum Gasteiger partial charge on any atom is 0.165 e. The molecular formula is C17H27FN2O. The molecule has 0 radical (unpaired) electrons. The SMILES string of the molecule is COc1ccc(CN2CC(C(C)C)NCC2(C)C)cc1F. The highest BCUT2D eigenvalue weighted by atomic mass is 19.1. The lowest BCUT2D eigenvalue weighted by molar-refractivity contribution is 0.0474. The van der Waals surface area contributed by atoms with Crippen LogP contribution in [0.25, 0.3) is 0 Å². The van der Waals surface area contributed by atoms with Crippen LogP contribution in [0.2, 0.25) is 0 Å². The molecule has 0 spiro atoms. The van der Waals surface area contributed by atoms with Gasteiger partial charge in [-0.05, 0) is 37.5 Å². The first-order valence-corrected chi connectivity index (χ1v) is 7.64. The van der Waals surface area contributed by atoms with E-state index in [0.29, 0.717) is 17.7 Å². The maximum atomic E-state index is 13.8. The van der Waals surface area contributed by atoms with Crippen LogP contribution in [0.4, 0.5) is 4.39 Å². The molecule has 0 aromatic heterocycles. The van der Waals surface area contributed by atoms with E-state index < -0.39 is 0 Å². The van der Waals surface area contributed by atoms with Crippen molar-refractivity contribution in [2.24, 2.45) is 5.92 Å². The standard InChI is InChI=1S/C17H27FN2O/c1-12(2)15-10-20(17(3,4)11-19-15)9-13-6-7-16(21-5)14(18)8-13/h6-8,12,15,19H,9-11H2,1-5H3. The fourth-order valence-electron chi connectivity index (χ4n) is 2.80. The van der Waals surface area contributed by atoms with Crippen LogP contribution in [0.1, 0.15) is 33.3 Å². The lowest BCUT2D eigenvalue weighted by atomic mass is 9.92. The normalized spacial score (nSPS) is 22.5. The Hall–Kier alpha value is -1.13. The first kappa shape index (κ1) is 16.2. The fraction of sp³-hybridized carbons (Fsp3) is 0.647. The zero-order chi connectivity index (χ0) is 15.6. The van der Waals surface area contributed by atoms with Gasteiger partial charge in [0.15, 0.2) is 11.6 Å². The summed E-state index contributed by atoms with van der Waals surface area (Å²) in [7, 11) is 1.49. The van der Waals surface area contributed by atoms with Crippen molar-refractivity contribution in [3.05, 3.63) is 29.6 Å². The Balaban J connectivity index is 2.13. The van der Waals surface area contributed by atoms with Gasteiger partial charge in [0.25, 0.3) is 0 Å². The van der Waals surface area contributed by atoms with Gasteiger partial charge in [0.05, 0.1) is 7.11 Å². The second-order valence-electron chi connectivity index (χ2n) is 6.89. The van der Waals surface area contributed by atoms with Crippen LogP contribution >= 0.6 is 0 Å². The van der Waals surface area contributed by atoms with Gasteiger partial charge in [-0.25, -0.2) is 4.39 Å². The molecule has 0 amide bonds. The zero-order valence-electron chi connectivity index (χ0n) is 13.7. The van der Waals surface area contributed by atoms with Crippen molar-refractivity contribution in [1.82, 2.24) is 10.2 Å². The van der Waals surface area contributed by atoms with Gasteiger partial charge in [-0.1, -0.05) is 19.9 Å². The molecule has 1 aliphatic rings. The third-order valence-corrected chi connectivity index (χ3v) is 4.46. The van der Waals surface area contributed by atoms with E-state index in [-0.39, 0.29) is 11.4 Å². The van der Waals surface area contributed by atoms with Crippen LogP contribution in [0.3, 0.4) is 0 Å². The van der Waals surface area contributed by atoms with E-state index in [0.717, 1.165) is 25.2 Å². The summed E-state index contributed by atoms with van der Waals surface area (Å²) in [6.45, 7) is 11.6. The third-order valence-electron chi connectivity index (χ3n) is 4.46. The van der Waals surface area contributed by atoms with E-state index >= 15 is 0 Å². The highest BCUT2D eigenvalue weighted by Crippen LogP contribution is 2.25. The Morgan fingerprint density at radius 2 is 2.14 bits per heavy atom. The van der Waals surface area contributed by atoms with Gasteiger partial charge >= 0.3 is 0 Å². The minimum absolute atomic E-state index is 0.0712. The Morgan fingerprint density at radius 3 is 2.71 bits per heavy atom. The second-order valence-corrected chi connectivity index (χ2v) is 6.89. The number of halogens is 1. The molecule has 1 aliphatic heterocycles. The van der Waals surface area contributed by atoms with Crippen LogP contribution in [-0.4, -0.2) is 36.7 Å². The zero-order valence-corrected chi connectivity index (χ0v) is 13.7. The quantitative estimate of drug-likeness (QED) is 0.924. The molecule has 2 rings (SSSR count).